The molecule has 0 atom stereocenters. The minimum atomic E-state index is 0.466. The van der Waals surface area contributed by atoms with Crippen molar-refractivity contribution in [3.63, 3.8) is 0 Å². The molecule has 3 rings (SSSR count). The lowest BCUT2D eigenvalue weighted by Gasteiger charge is -2.04. The molecule has 3 aromatic rings. The van der Waals surface area contributed by atoms with Crippen molar-refractivity contribution >= 4 is 34.5 Å². The predicted molar refractivity (Wildman–Crippen MR) is 79.9 cm³/mol. The number of anilines is 2. The van der Waals surface area contributed by atoms with E-state index in [1.807, 2.05) is 30.3 Å². The Morgan fingerprint density at radius 2 is 1.89 bits per heavy atom. The highest BCUT2D eigenvalue weighted by molar-refractivity contribution is 14.1. The zero-order valence-electron chi connectivity index (χ0n) is 9.71. The number of H-pyrrole nitrogens is 1. The van der Waals surface area contributed by atoms with E-state index in [0.29, 0.717) is 21.6 Å². The average molecular weight is 364 g/mol. The Balaban J connectivity index is 1.97. The Hall–Kier alpha value is -2.03. The number of nitrogens with zero attached hydrogens (tertiary/aromatic N) is 4. The first kappa shape index (κ1) is 12.0. The van der Waals surface area contributed by atoms with Gasteiger partial charge in [-0.25, -0.2) is 9.97 Å². The van der Waals surface area contributed by atoms with Gasteiger partial charge in [0.25, 0.3) is 0 Å². The average Bonchev–Trinajstić information content (AvgIpc) is 2.92. The number of benzene rings is 1. The van der Waals surface area contributed by atoms with Crippen LogP contribution >= 0.6 is 22.6 Å². The summed E-state index contributed by atoms with van der Waals surface area (Å²) >= 11 is 2.07. The summed E-state index contributed by atoms with van der Waals surface area (Å²) in [7, 11) is 0. The van der Waals surface area contributed by atoms with E-state index in [9.17, 15) is 0 Å². The molecule has 0 fully saturated rings. The standard InChI is InChI=1S/C12H9IN6/c13-10-16-9(8-4-2-1-3-5-8)17-12(18-10)19-11-14-6-7-15-11/h1-7H,(H2,14,15,16,17,18,19). The fraction of sp³-hybridized carbons (Fsp3) is 0. The van der Waals surface area contributed by atoms with Gasteiger partial charge in [0.2, 0.25) is 11.9 Å². The van der Waals surface area contributed by atoms with Crippen molar-refractivity contribution in [1.29, 1.82) is 0 Å². The van der Waals surface area contributed by atoms with Gasteiger partial charge in [0, 0.05) is 40.5 Å². The summed E-state index contributed by atoms with van der Waals surface area (Å²) in [4.78, 5) is 19.9. The van der Waals surface area contributed by atoms with Crippen LogP contribution in [0.1, 0.15) is 0 Å². The van der Waals surface area contributed by atoms with E-state index in [4.69, 9.17) is 0 Å². The number of hydrogen-bond donors (Lipinski definition) is 2. The Labute approximate surface area is 122 Å². The lowest BCUT2D eigenvalue weighted by molar-refractivity contribution is 1.01. The van der Waals surface area contributed by atoms with Crippen LogP contribution in [0.4, 0.5) is 11.9 Å². The fourth-order valence-corrected chi connectivity index (χ4v) is 2.02. The van der Waals surface area contributed by atoms with Crippen LogP contribution in [-0.4, -0.2) is 24.9 Å². The lowest BCUT2D eigenvalue weighted by Crippen LogP contribution is -2.03. The quantitative estimate of drug-likeness (QED) is 0.699. The van der Waals surface area contributed by atoms with Crippen LogP contribution in [0.2, 0.25) is 0 Å². The van der Waals surface area contributed by atoms with Crippen LogP contribution < -0.4 is 5.32 Å². The molecule has 0 spiro atoms. The maximum Gasteiger partial charge on any atom is 0.234 e. The number of aromatic nitrogens is 5. The molecule has 2 heterocycles. The number of nitrogens with one attached hydrogen (secondary N) is 2. The summed E-state index contributed by atoms with van der Waals surface area (Å²) in [5.74, 6) is 1.70. The lowest BCUT2D eigenvalue weighted by atomic mass is 10.2. The van der Waals surface area contributed by atoms with Gasteiger partial charge in [0.15, 0.2) is 9.66 Å². The van der Waals surface area contributed by atoms with Crippen LogP contribution in [0, 0.1) is 3.83 Å². The van der Waals surface area contributed by atoms with Crippen LogP contribution in [-0.2, 0) is 0 Å². The van der Waals surface area contributed by atoms with Gasteiger partial charge >= 0.3 is 0 Å². The van der Waals surface area contributed by atoms with Gasteiger partial charge in [0.05, 0.1) is 0 Å². The van der Waals surface area contributed by atoms with Crippen molar-refractivity contribution in [2.75, 3.05) is 5.32 Å². The topological polar surface area (TPSA) is 79.4 Å². The molecule has 1 aromatic carbocycles. The van der Waals surface area contributed by atoms with Crippen LogP contribution in [0.5, 0.6) is 0 Å². The summed E-state index contributed by atoms with van der Waals surface area (Å²) in [6, 6.07) is 9.78. The van der Waals surface area contributed by atoms with Gasteiger partial charge < -0.3 is 4.98 Å². The van der Waals surface area contributed by atoms with Gasteiger partial charge in [-0.15, -0.1) is 0 Å². The smallest absolute Gasteiger partial charge is 0.234 e. The van der Waals surface area contributed by atoms with E-state index >= 15 is 0 Å². The Morgan fingerprint density at radius 1 is 1.05 bits per heavy atom. The Kier molecular flexibility index (Phi) is 3.36. The molecule has 0 aliphatic rings. The van der Waals surface area contributed by atoms with Crippen molar-refractivity contribution in [2.45, 2.75) is 0 Å². The van der Waals surface area contributed by atoms with Crippen molar-refractivity contribution in [3.05, 3.63) is 46.6 Å². The van der Waals surface area contributed by atoms with E-state index in [-0.39, 0.29) is 0 Å². The van der Waals surface area contributed by atoms with Crippen molar-refractivity contribution in [1.82, 2.24) is 24.9 Å². The second-order valence-corrected chi connectivity index (χ2v) is 4.65. The summed E-state index contributed by atoms with van der Waals surface area (Å²) in [6.45, 7) is 0. The van der Waals surface area contributed by atoms with Gasteiger partial charge in [-0.3, -0.25) is 5.32 Å². The predicted octanol–water partition coefficient (Wildman–Crippen LogP) is 2.61. The molecule has 0 bridgehead atoms. The number of hydrogen-bond acceptors (Lipinski definition) is 5. The monoisotopic (exact) mass is 364 g/mol. The summed E-state index contributed by atoms with van der Waals surface area (Å²) in [5.41, 5.74) is 0.949. The molecule has 0 saturated heterocycles. The normalized spacial score (nSPS) is 10.4. The highest BCUT2D eigenvalue weighted by Gasteiger charge is 2.07. The van der Waals surface area contributed by atoms with E-state index in [1.54, 1.807) is 12.4 Å². The first-order valence-electron chi connectivity index (χ1n) is 5.55. The third-order valence-electron chi connectivity index (χ3n) is 2.37. The first-order valence-corrected chi connectivity index (χ1v) is 6.62. The van der Waals surface area contributed by atoms with Crippen molar-refractivity contribution in [2.24, 2.45) is 0 Å². The van der Waals surface area contributed by atoms with Gasteiger partial charge in [-0.1, -0.05) is 30.3 Å². The largest absolute Gasteiger partial charge is 0.331 e. The molecule has 0 saturated carbocycles. The van der Waals surface area contributed by atoms with E-state index in [1.165, 1.54) is 0 Å². The fourth-order valence-electron chi connectivity index (χ4n) is 1.56. The van der Waals surface area contributed by atoms with Crippen molar-refractivity contribution < 1.29 is 0 Å². The molecular weight excluding hydrogens is 355 g/mol. The van der Waals surface area contributed by atoms with E-state index < -0.39 is 0 Å². The Morgan fingerprint density at radius 3 is 2.63 bits per heavy atom. The number of aromatic amines is 1. The second kappa shape index (κ2) is 5.31. The molecule has 0 unspecified atom stereocenters. The molecule has 6 nitrogen and oxygen atoms in total. The zero-order valence-corrected chi connectivity index (χ0v) is 11.9. The molecule has 2 aromatic heterocycles. The molecule has 2 N–H and O–H groups in total. The highest BCUT2D eigenvalue weighted by Crippen LogP contribution is 2.17. The SMILES string of the molecule is Ic1nc(Nc2ncc[nH]2)nc(-c2ccccc2)n1. The zero-order chi connectivity index (χ0) is 13.1. The molecular formula is C12H9IN6. The molecule has 7 heteroatoms. The maximum absolute atomic E-state index is 4.38. The van der Waals surface area contributed by atoms with Crippen LogP contribution in [0.3, 0.4) is 0 Å². The van der Waals surface area contributed by atoms with E-state index in [0.717, 1.165) is 5.56 Å². The Bertz CT molecular complexity index is 668. The van der Waals surface area contributed by atoms with Crippen LogP contribution in [0.25, 0.3) is 11.4 Å². The third-order valence-corrected chi connectivity index (χ3v) is 2.85. The summed E-state index contributed by atoms with van der Waals surface area (Å²) < 4.78 is 0.625. The molecule has 19 heavy (non-hydrogen) atoms. The van der Waals surface area contributed by atoms with Crippen LogP contribution in [0.15, 0.2) is 42.7 Å². The summed E-state index contributed by atoms with van der Waals surface area (Å²) in [5, 5.41) is 3.00. The third kappa shape index (κ3) is 2.87. The van der Waals surface area contributed by atoms with Gasteiger partial charge in [0.1, 0.15) is 0 Å². The second-order valence-electron chi connectivity index (χ2n) is 3.68. The van der Waals surface area contributed by atoms with Crippen molar-refractivity contribution in [3.8, 4) is 11.4 Å². The van der Waals surface area contributed by atoms with Gasteiger partial charge in [-0.05, 0) is 0 Å². The minimum Gasteiger partial charge on any atom is -0.331 e. The molecule has 0 aliphatic heterocycles. The molecule has 0 amide bonds. The first-order chi connectivity index (χ1) is 9.31. The number of rotatable bonds is 3. The molecule has 0 aliphatic carbocycles. The molecule has 94 valence electrons. The number of imidazole rings is 1. The molecule has 0 radical (unpaired) electrons. The number of halogens is 1. The maximum atomic E-state index is 4.38. The summed E-state index contributed by atoms with van der Waals surface area (Å²) in [6.07, 6.45) is 3.39. The highest BCUT2D eigenvalue weighted by atomic mass is 127. The van der Waals surface area contributed by atoms with E-state index in [2.05, 4.69) is 52.8 Å². The van der Waals surface area contributed by atoms with Gasteiger partial charge in [-0.2, -0.15) is 9.97 Å². The minimum absolute atomic E-state index is 0.466.